The van der Waals surface area contributed by atoms with E-state index in [1.54, 1.807) is 0 Å². The molecule has 13 rings (SSSR count). The summed E-state index contributed by atoms with van der Waals surface area (Å²) >= 11 is 0. The zero-order chi connectivity index (χ0) is 39.7. The molecule has 3 nitrogen and oxygen atoms in total. The Morgan fingerprint density at radius 2 is 0.967 bits per heavy atom. The van der Waals surface area contributed by atoms with Gasteiger partial charge in [0.15, 0.2) is 0 Å². The normalized spacial score (nSPS) is 13.3. The standard InChI is InChI=1S/C57H39N3/c1-57(2)49-22-9-6-16-41(49)47-35-40(31-32-50(47)57)58(54-25-13-21-46-45-20-12-19-44-42-17-7-11-24-52(42)60(55(44)45)56(46)54)39-29-26-36(27-30-39)37-28-33-53-48(34-37)43-18-8-10-23-51(43)59(53)38-14-4-3-5-15-38/h3-35H,1-2H3. The molecule has 0 bridgehead atoms. The summed E-state index contributed by atoms with van der Waals surface area (Å²) in [7, 11) is 0. The van der Waals surface area contributed by atoms with Crippen molar-refractivity contribution >= 4 is 77.0 Å². The summed E-state index contributed by atoms with van der Waals surface area (Å²) in [6.07, 6.45) is 0. The molecule has 12 aromatic rings. The highest BCUT2D eigenvalue weighted by molar-refractivity contribution is 6.25. The van der Waals surface area contributed by atoms with Crippen LogP contribution in [-0.4, -0.2) is 8.97 Å². The molecule has 0 atom stereocenters. The molecule has 9 aromatic carbocycles. The van der Waals surface area contributed by atoms with Gasteiger partial charge in [0.25, 0.3) is 0 Å². The Labute approximate surface area is 347 Å². The second-order valence-corrected chi connectivity index (χ2v) is 16.9. The Morgan fingerprint density at radius 3 is 1.78 bits per heavy atom. The van der Waals surface area contributed by atoms with Crippen molar-refractivity contribution in [2.75, 3.05) is 4.90 Å². The van der Waals surface area contributed by atoms with E-state index in [4.69, 9.17) is 0 Å². The fourth-order valence-electron chi connectivity index (χ4n) is 10.7. The van der Waals surface area contributed by atoms with Crippen LogP contribution in [0.15, 0.2) is 200 Å². The molecule has 0 spiro atoms. The minimum Gasteiger partial charge on any atom is -0.309 e. The molecule has 282 valence electrons. The van der Waals surface area contributed by atoms with Gasteiger partial charge in [0.2, 0.25) is 0 Å². The van der Waals surface area contributed by atoms with E-state index in [0.29, 0.717) is 0 Å². The minimum atomic E-state index is -0.0727. The lowest BCUT2D eigenvalue weighted by molar-refractivity contribution is 0.660. The number of fused-ring (bicyclic) bond motifs is 12. The van der Waals surface area contributed by atoms with E-state index >= 15 is 0 Å². The van der Waals surface area contributed by atoms with Crippen LogP contribution in [0.3, 0.4) is 0 Å². The van der Waals surface area contributed by atoms with Gasteiger partial charge in [0, 0.05) is 54.8 Å². The molecule has 3 aromatic heterocycles. The number of benzene rings is 9. The predicted octanol–water partition coefficient (Wildman–Crippen LogP) is 15.4. The fraction of sp³-hybridized carbons (Fsp3) is 0.0526. The first-order valence-electron chi connectivity index (χ1n) is 20.9. The van der Waals surface area contributed by atoms with Crippen molar-refractivity contribution in [3.05, 3.63) is 211 Å². The topological polar surface area (TPSA) is 12.6 Å². The monoisotopic (exact) mass is 765 g/mol. The van der Waals surface area contributed by atoms with Crippen LogP contribution in [0.2, 0.25) is 0 Å². The lowest BCUT2D eigenvalue weighted by Crippen LogP contribution is -2.15. The first kappa shape index (κ1) is 33.4. The van der Waals surface area contributed by atoms with E-state index < -0.39 is 0 Å². The molecule has 0 saturated heterocycles. The number of nitrogens with zero attached hydrogens (tertiary/aromatic N) is 3. The van der Waals surface area contributed by atoms with Gasteiger partial charge in [-0.3, -0.25) is 0 Å². The maximum Gasteiger partial charge on any atom is 0.0782 e. The molecule has 1 aliphatic carbocycles. The summed E-state index contributed by atoms with van der Waals surface area (Å²) in [6, 6.07) is 74.1. The molecule has 0 radical (unpaired) electrons. The summed E-state index contributed by atoms with van der Waals surface area (Å²) in [5.41, 5.74) is 18.4. The Kier molecular flexibility index (Phi) is 6.78. The smallest absolute Gasteiger partial charge is 0.0782 e. The van der Waals surface area contributed by atoms with Gasteiger partial charge in [-0.25, -0.2) is 0 Å². The third-order valence-corrected chi connectivity index (χ3v) is 13.4. The van der Waals surface area contributed by atoms with Crippen LogP contribution in [0.1, 0.15) is 25.0 Å². The van der Waals surface area contributed by atoms with Crippen LogP contribution < -0.4 is 4.90 Å². The second kappa shape index (κ2) is 12.2. The molecule has 0 aliphatic heterocycles. The molecular weight excluding hydrogens is 727 g/mol. The van der Waals surface area contributed by atoms with Crippen molar-refractivity contribution in [2.45, 2.75) is 19.3 Å². The third kappa shape index (κ3) is 4.49. The SMILES string of the molecule is CC1(C)c2ccccc2-c2cc(N(c3ccc(-c4ccc5c(c4)c4ccccc4n5-c4ccccc4)cc3)c3cccc4c5cccc6c7ccccc7n(c34)c65)ccc21. The lowest BCUT2D eigenvalue weighted by atomic mass is 9.82. The zero-order valence-corrected chi connectivity index (χ0v) is 33.4. The Balaban J connectivity index is 1.02. The first-order valence-corrected chi connectivity index (χ1v) is 20.9. The molecule has 60 heavy (non-hydrogen) atoms. The molecule has 0 N–H and O–H groups in total. The van der Waals surface area contributed by atoms with Gasteiger partial charge in [-0.15, -0.1) is 0 Å². The minimum absolute atomic E-state index is 0.0727. The number of para-hydroxylation sites is 5. The van der Waals surface area contributed by atoms with Gasteiger partial charge in [-0.2, -0.15) is 0 Å². The Morgan fingerprint density at radius 1 is 0.383 bits per heavy atom. The number of aromatic nitrogens is 2. The van der Waals surface area contributed by atoms with Crippen molar-refractivity contribution in [3.8, 4) is 27.9 Å². The van der Waals surface area contributed by atoms with Crippen molar-refractivity contribution < 1.29 is 0 Å². The third-order valence-electron chi connectivity index (χ3n) is 13.4. The summed E-state index contributed by atoms with van der Waals surface area (Å²) < 4.78 is 4.89. The van der Waals surface area contributed by atoms with E-state index in [1.807, 2.05) is 0 Å². The van der Waals surface area contributed by atoms with Crippen LogP contribution in [0.25, 0.3) is 87.8 Å². The van der Waals surface area contributed by atoms with Crippen molar-refractivity contribution in [1.82, 2.24) is 8.97 Å². The molecular formula is C57H39N3. The highest BCUT2D eigenvalue weighted by atomic mass is 15.2. The van der Waals surface area contributed by atoms with Gasteiger partial charge in [0.05, 0.1) is 33.3 Å². The molecule has 0 amide bonds. The van der Waals surface area contributed by atoms with Gasteiger partial charge in [-0.1, -0.05) is 147 Å². The molecule has 1 aliphatic rings. The van der Waals surface area contributed by atoms with Crippen LogP contribution in [0.4, 0.5) is 17.1 Å². The largest absolute Gasteiger partial charge is 0.309 e. The number of rotatable bonds is 5. The number of hydrogen-bond acceptors (Lipinski definition) is 1. The van der Waals surface area contributed by atoms with E-state index in [-0.39, 0.29) is 5.41 Å². The zero-order valence-electron chi connectivity index (χ0n) is 33.4. The molecule has 0 unspecified atom stereocenters. The maximum atomic E-state index is 2.51. The van der Waals surface area contributed by atoms with E-state index in [2.05, 4.69) is 228 Å². The summed E-state index contributed by atoms with van der Waals surface area (Å²) in [5.74, 6) is 0. The summed E-state index contributed by atoms with van der Waals surface area (Å²) in [5, 5.41) is 7.63. The van der Waals surface area contributed by atoms with Crippen molar-refractivity contribution in [3.63, 3.8) is 0 Å². The highest BCUT2D eigenvalue weighted by Crippen LogP contribution is 2.52. The van der Waals surface area contributed by atoms with Crippen LogP contribution >= 0.6 is 0 Å². The van der Waals surface area contributed by atoms with E-state index in [0.717, 1.165) is 17.1 Å². The van der Waals surface area contributed by atoms with Gasteiger partial charge in [0.1, 0.15) is 0 Å². The van der Waals surface area contributed by atoms with E-state index in [1.165, 1.54) is 99.0 Å². The Bertz CT molecular complexity index is 3680. The molecule has 3 heterocycles. The van der Waals surface area contributed by atoms with Gasteiger partial charge >= 0.3 is 0 Å². The number of anilines is 3. The fourth-order valence-corrected chi connectivity index (χ4v) is 10.7. The summed E-state index contributed by atoms with van der Waals surface area (Å²) in [6.45, 7) is 4.71. The predicted molar refractivity (Wildman–Crippen MR) is 253 cm³/mol. The van der Waals surface area contributed by atoms with Crippen LogP contribution in [0, 0.1) is 0 Å². The van der Waals surface area contributed by atoms with Gasteiger partial charge < -0.3 is 13.9 Å². The Hall–Kier alpha value is -7.62. The molecule has 0 saturated carbocycles. The van der Waals surface area contributed by atoms with Crippen LogP contribution in [-0.2, 0) is 5.41 Å². The van der Waals surface area contributed by atoms with Crippen molar-refractivity contribution in [1.29, 1.82) is 0 Å². The second-order valence-electron chi connectivity index (χ2n) is 16.9. The van der Waals surface area contributed by atoms with Gasteiger partial charge in [-0.05, 0) is 100 Å². The highest BCUT2D eigenvalue weighted by Gasteiger charge is 2.36. The first-order chi connectivity index (χ1) is 29.5. The van der Waals surface area contributed by atoms with E-state index in [9.17, 15) is 0 Å². The quantitative estimate of drug-likeness (QED) is 0.170. The maximum absolute atomic E-state index is 2.51. The van der Waals surface area contributed by atoms with Crippen molar-refractivity contribution in [2.24, 2.45) is 0 Å². The lowest BCUT2D eigenvalue weighted by Gasteiger charge is -2.28. The molecule has 3 heteroatoms. The summed E-state index contributed by atoms with van der Waals surface area (Å²) in [4.78, 5) is 2.49. The average Bonchev–Trinajstić information content (AvgIpc) is 4.00. The molecule has 0 fully saturated rings. The number of hydrogen-bond donors (Lipinski definition) is 0. The average molecular weight is 766 g/mol. The van der Waals surface area contributed by atoms with Crippen LogP contribution in [0.5, 0.6) is 0 Å².